The third-order valence-corrected chi connectivity index (χ3v) is 4.38. The Morgan fingerprint density at radius 3 is 2.20 bits per heavy atom. The van der Waals surface area contributed by atoms with Crippen molar-refractivity contribution in [3.63, 3.8) is 0 Å². The van der Waals surface area contributed by atoms with Gasteiger partial charge in [-0.25, -0.2) is 4.79 Å². The summed E-state index contributed by atoms with van der Waals surface area (Å²) in [7, 11) is 0. The Kier molecular flexibility index (Phi) is 7.91. The summed E-state index contributed by atoms with van der Waals surface area (Å²) < 4.78 is 21.0. The van der Waals surface area contributed by atoms with Gasteiger partial charge in [-0.2, -0.15) is 0 Å². The van der Waals surface area contributed by atoms with Crippen LogP contribution in [0, 0.1) is 0 Å². The summed E-state index contributed by atoms with van der Waals surface area (Å²) in [6, 6.07) is 14.4. The largest absolute Gasteiger partial charge is 0.494 e. The first-order chi connectivity index (χ1) is 14.6. The first kappa shape index (κ1) is 21.4. The first-order valence-corrected chi connectivity index (χ1v) is 9.88. The molecule has 1 aliphatic heterocycles. The molecule has 0 radical (unpaired) electrons. The zero-order valence-electron chi connectivity index (χ0n) is 17.0. The molecule has 0 atom stereocenters. The van der Waals surface area contributed by atoms with Gasteiger partial charge in [0.2, 0.25) is 0 Å². The van der Waals surface area contributed by atoms with Gasteiger partial charge in [-0.15, -0.1) is 0 Å². The van der Waals surface area contributed by atoms with E-state index in [1.165, 1.54) is 0 Å². The van der Waals surface area contributed by atoms with Gasteiger partial charge in [-0.3, -0.25) is 4.79 Å². The van der Waals surface area contributed by atoms with E-state index in [1.807, 2.05) is 31.2 Å². The summed E-state index contributed by atoms with van der Waals surface area (Å²) in [6.07, 6.45) is 0. The maximum absolute atomic E-state index is 12.0. The summed E-state index contributed by atoms with van der Waals surface area (Å²) in [5.74, 6) is 0.201. The molecule has 1 fully saturated rings. The monoisotopic (exact) mass is 414 g/mol. The van der Waals surface area contributed by atoms with Crippen molar-refractivity contribution < 1.29 is 28.5 Å². The smallest absolute Gasteiger partial charge is 0.344 e. The van der Waals surface area contributed by atoms with Gasteiger partial charge in [0.25, 0.3) is 5.91 Å². The van der Waals surface area contributed by atoms with Crippen molar-refractivity contribution >= 4 is 23.3 Å². The van der Waals surface area contributed by atoms with Crippen LogP contribution in [-0.2, 0) is 19.1 Å². The molecule has 8 nitrogen and oxygen atoms in total. The number of ether oxygens (including phenoxy) is 4. The van der Waals surface area contributed by atoms with E-state index in [9.17, 15) is 9.59 Å². The topological polar surface area (TPSA) is 86.3 Å². The summed E-state index contributed by atoms with van der Waals surface area (Å²) >= 11 is 0. The number of hydrogen-bond acceptors (Lipinski definition) is 7. The zero-order chi connectivity index (χ0) is 21.2. The molecule has 2 aromatic carbocycles. The number of esters is 1. The van der Waals surface area contributed by atoms with E-state index in [-0.39, 0.29) is 13.2 Å². The lowest BCUT2D eigenvalue weighted by Gasteiger charge is -2.28. The Labute approximate surface area is 175 Å². The highest BCUT2D eigenvalue weighted by Gasteiger charge is 2.12. The summed E-state index contributed by atoms with van der Waals surface area (Å²) in [5.41, 5.74) is 1.72. The molecule has 1 N–H and O–H groups in total. The molecule has 30 heavy (non-hydrogen) atoms. The number of amides is 1. The molecule has 1 saturated heterocycles. The van der Waals surface area contributed by atoms with Crippen molar-refractivity contribution in [2.45, 2.75) is 6.92 Å². The predicted octanol–water partition coefficient (Wildman–Crippen LogP) is 2.48. The number of carbonyl (C=O) groups is 2. The standard InChI is InChI=1S/C22H26N2O6/c1-2-28-19-7-9-20(10-8-19)29-16-22(26)30-15-21(25)23-17-3-5-18(6-4-17)24-11-13-27-14-12-24/h3-10H,2,11-16H2,1H3,(H,23,25). The minimum Gasteiger partial charge on any atom is -0.494 e. The number of morpholine rings is 1. The second-order valence-corrected chi connectivity index (χ2v) is 6.55. The number of benzene rings is 2. The molecule has 1 amide bonds. The van der Waals surface area contributed by atoms with Crippen molar-refractivity contribution in [2.24, 2.45) is 0 Å². The molecular formula is C22H26N2O6. The van der Waals surface area contributed by atoms with Crippen LogP contribution in [-0.4, -0.2) is 58.0 Å². The fraction of sp³-hybridized carbons (Fsp3) is 0.364. The average molecular weight is 414 g/mol. The highest BCUT2D eigenvalue weighted by atomic mass is 16.6. The Balaban J connectivity index is 1.36. The minimum atomic E-state index is -0.623. The van der Waals surface area contributed by atoms with Crippen LogP contribution < -0.4 is 19.7 Å². The van der Waals surface area contributed by atoms with E-state index >= 15 is 0 Å². The molecule has 0 saturated carbocycles. The molecule has 1 aliphatic rings. The van der Waals surface area contributed by atoms with Crippen LogP contribution in [0.4, 0.5) is 11.4 Å². The average Bonchev–Trinajstić information content (AvgIpc) is 2.78. The van der Waals surface area contributed by atoms with E-state index in [0.717, 1.165) is 24.5 Å². The van der Waals surface area contributed by atoms with Crippen LogP contribution in [0.25, 0.3) is 0 Å². The third-order valence-electron chi connectivity index (χ3n) is 4.38. The lowest BCUT2D eigenvalue weighted by Crippen LogP contribution is -2.36. The fourth-order valence-corrected chi connectivity index (χ4v) is 2.90. The van der Waals surface area contributed by atoms with Crippen LogP contribution in [0.2, 0.25) is 0 Å². The summed E-state index contributed by atoms with van der Waals surface area (Å²) in [6.45, 7) is 4.94. The van der Waals surface area contributed by atoms with Crippen LogP contribution >= 0.6 is 0 Å². The number of nitrogens with zero attached hydrogens (tertiary/aromatic N) is 1. The van der Waals surface area contributed by atoms with Crippen molar-refractivity contribution in [3.8, 4) is 11.5 Å². The van der Waals surface area contributed by atoms with Crippen LogP contribution in [0.1, 0.15) is 6.92 Å². The summed E-state index contributed by atoms with van der Waals surface area (Å²) in [4.78, 5) is 26.0. The zero-order valence-corrected chi connectivity index (χ0v) is 17.0. The Morgan fingerprint density at radius 2 is 1.57 bits per heavy atom. The molecule has 8 heteroatoms. The second kappa shape index (κ2) is 11.1. The molecule has 3 rings (SSSR count). The predicted molar refractivity (Wildman–Crippen MR) is 112 cm³/mol. The van der Waals surface area contributed by atoms with E-state index in [1.54, 1.807) is 24.3 Å². The summed E-state index contributed by atoms with van der Waals surface area (Å²) in [5, 5.41) is 2.71. The number of carbonyl (C=O) groups excluding carboxylic acids is 2. The molecule has 2 aromatic rings. The van der Waals surface area contributed by atoms with Gasteiger partial charge in [-0.05, 0) is 55.5 Å². The van der Waals surface area contributed by atoms with Crippen LogP contribution in [0.5, 0.6) is 11.5 Å². The SMILES string of the molecule is CCOc1ccc(OCC(=O)OCC(=O)Nc2ccc(N3CCOCC3)cc2)cc1. The fourth-order valence-electron chi connectivity index (χ4n) is 2.90. The Hall–Kier alpha value is -3.26. The van der Waals surface area contributed by atoms with Crippen molar-refractivity contribution in [1.29, 1.82) is 0 Å². The van der Waals surface area contributed by atoms with Gasteiger partial charge in [0.1, 0.15) is 11.5 Å². The molecule has 0 unspecified atom stereocenters. The van der Waals surface area contributed by atoms with Gasteiger partial charge in [-0.1, -0.05) is 0 Å². The number of hydrogen-bond donors (Lipinski definition) is 1. The quantitative estimate of drug-likeness (QED) is 0.631. The molecule has 0 aliphatic carbocycles. The lowest BCUT2D eigenvalue weighted by molar-refractivity contribution is -0.149. The van der Waals surface area contributed by atoms with E-state index < -0.39 is 11.9 Å². The highest BCUT2D eigenvalue weighted by molar-refractivity contribution is 5.93. The Morgan fingerprint density at radius 1 is 0.933 bits per heavy atom. The van der Waals surface area contributed by atoms with Crippen molar-refractivity contribution in [2.75, 3.05) is 56.3 Å². The van der Waals surface area contributed by atoms with Crippen molar-refractivity contribution in [1.82, 2.24) is 0 Å². The molecule has 0 aromatic heterocycles. The van der Waals surface area contributed by atoms with E-state index in [0.29, 0.717) is 31.3 Å². The lowest BCUT2D eigenvalue weighted by atomic mass is 10.2. The maximum atomic E-state index is 12.0. The van der Waals surface area contributed by atoms with Gasteiger partial charge < -0.3 is 29.2 Å². The van der Waals surface area contributed by atoms with Crippen LogP contribution in [0.15, 0.2) is 48.5 Å². The molecular weight excluding hydrogens is 388 g/mol. The maximum Gasteiger partial charge on any atom is 0.344 e. The van der Waals surface area contributed by atoms with Gasteiger partial charge in [0, 0.05) is 24.5 Å². The van der Waals surface area contributed by atoms with Gasteiger partial charge >= 0.3 is 5.97 Å². The normalized spacial score (nSPS) is 13.4. The molecule has 0 spiro atoms. The van der Waals surface area contributed by atoms with E-state index in [2.05, 4.69) is 10.2 Å². The second-order valence-electron chi connectivity index (χ2n) is 6.55. The molecule has 1 heterocycles. The van der Waals surface area contributed by atoms with Gasteiger partial charge in [0.15, 0.2) is 13.2 Å². The molecule has 160 valence electrons. The number of nitrogens with one attached hydrogen (secondary N) is 1. The van der Waals surface area contributed by atoms with Crippen molar-refractivity contribution in [3.05, 3.63) is 48.5 Å². The Bertz CT molecular complexity index is 817. The van der Waals surface area contributed by atoms with E-state index in [4.69, 9.17) is 18.9 Å². The third kappa shape index (κ3) is 6.66. The number of rotatable bonds is 9. The highest BCUT2D eigenvalue weighted by Crippen LogP contribution is 2.19. The minimum absolute atomic E-state index is 0.282. The molecule has 0 bridgehead atoms. The van der Waals surface area contributed by atoms with Crippen LogP contribution in [0.3, 0.4) is 0 Å². The number of anilines is 2. The van der Waals surface area contributed by atoms with Gasteiger partial charge in [0.05, 0.1) is 19.8 Å². The first-order valence-electron chi connectivity index (χ1n) is 9.88.